The number of aryl methyl sites for hydroxylation is 1. The summed E-state index contributed by atoms with van der Waals surface area (Å²) in [6, 6.07) is 1.37. The number of halogens is 2. The van der Waals surface area contributed by atoms with Crippen molar-refractivity contribution < 1.29 is 18.4 Å². The molecule has 0 saturated heterocycles. The molecule has 0 aromatic carbocycles. The van der Waals surface area contributed by atoms with Crippen molar-refractivity contribution in [2.24, 2.45) is 5.73 Å². The Hall–Kier alpha value is -2.88. The third-order valence-corrected chi connectivity index (χ3v) is 6.16. The molecule has 3 aromatic rings. The summed E-state index contributed by atoms with van der Waals surface area (Å²) in [6.45, 7) is 4.30. The lowest BCUT2D eigenvalue weighted by atomic mass is 10.0. The molecular formula is C19H19F2N5O2S. The van der Waals surface area contributed by atoms with Gasteiger partial charge < -0.3 is 11.1 Å². The number of nitrogens with one attached hydrogen (secondary N) is 1. The van der Waals surface area contributed by atoms with Crippen LogP contribution >= 0.6 is 11.3 Å². The smallest absolute Gasteiger partial charge is 0.280 e. The van der Waals surface area contributed by atoms with E-state index < -0.39 is 18.2 Å². The fourth-order valence-electron chi connectivity index (χ4n) is 3.44. The normalized spacial score (nSPS) is 14.0. The van der Waals surface area contributed by atoms with Gasteiger partial charge in [0.1, 0.15) is 15.4 Å². The molecule has 7 nitrogen and oxygen atoms in total. The van der Waals surface area contributed by atoms with Gasteiger partial charge in [-0.05, 0) is 44.2 Å². The van der Waals surface area contributed by atoms with Crippen LogP contribution in [0.5, 0.6) is 0 Å². The number of carbonyl (C=O) groups excluding carboxylic acids is 2. The second kappa shape index (κ2) is 7.18. The molecule has 0 radical (unpaired) electrons. The zero-order valence-corrected chi connectivity index (χ0v) is 16.6. The zero-order chi connectivity index (χ0) is 20.9. The molecule has 3 heterocycles. The van der Waals surface area contributed by atoms with Crippen LogP contribution in [0.4, 0.5) is 14.5 Å². The summed E-state index contributed by atoms with van der Waals surface area (Å²) in [5.74, 6) is -1.08. The monoisotopic (exact) mass is 419 g/mol. The van der Waals surface area contributed by atoms with E-state index in [1.165, 1.54) is 12.3 Å². The number of hydrogen-bond acceptors (Lipinski definition) is 5. The van der Waals surface area contributed by atoms with Crippen molar-refractivity contribution in [3.63, 3.8) is 0 Å². The lowest BCUT2D eigenvalue weighted by molar-refractivity contribution is 0.100. The second-order valence-corrected chi connectivity index (χ2v) is 7.97. The highest BCUT2D eigenvalue weighted by Gasteiger charge is 2.32. The molecule has 1 fully saturated rings. The fraction of sp³-hybridized carbons (Fsp3) is 0.368. The molecule has 29 heavy (non-hydrogen) atoms. The van der Waals surface area contributed by atoms with Crippen LogP contribution in [-0.4, -0.2) is 26.6 Å². The standard InChI is InChI=1S/C19H19F2N5O2S/c1-3-26-8(2)11(7-23-26)18(28)25-14-13-10(9-4-5-9)6-12(16(20)21)24-19(13)29-15(14)17(22)27/h6-7,9,16H,3-5H2,1-2H3,(H2,22,27)(H,25,28). The number of aromatic nitrogens is 3. The summed E-state index contributed by atoms with van der Waals surface area (Å²) in [4.78, 5) is 29.3. The van der Waals surface area contributed by atoms with Gasteiger partial charge in [-0.1, -0.05) is 0 Å². The predicted molar refractivity (Wildman–Crippen MR) is 106 cm³/mol. The van der Waals surface area contributed by atoms with E-state index >= 15 is 0 Å². The van der Waals surface area contributed by atoms with Crippen molar-refractivity contribution in [3.05, 3.63) is 39.7 Å². The van der Waals surface area contributed by atoms with Crippen molar-refractivity contribution in [1.82, 2.24) is 14.8 Å². The summed E-state index contributed by atoms with van der Waals surface area (Å²) < 4.78 is 28.3. The molecule has 1 saturated carbocycles. The van der Waals surface area contributed by atoms with Crippen molar-refractivity contribution in [2.45, 2.75) is 45.6 Å². The molecule has 152 valence electrons. The SMILES string of the molecule is CCn1ncc(C(=O)Nc2c(C(N)=O)sc3nc(C(F)F)cc(C4CC4)c23)c1C. The number of nitrogens with zero attached hydrogens (tertiary/aromatic N) is 3. The Kier molecular flexibility index (Phi) is 4.81. The maximum absolute atomic E-state index is 13.3. The fourth-order valence-corrected chi connectivity index (χ4v) is 4.46. The lowest BCUT2D eigenvalue weighted by Gasteiger charge is -2.10. The molecule has 3 N–H and O–H groups in total. The number of amides is 2. The quantitative estimate of drug-likeness (QED) is 0.631. The Labute approximate surface area is 168 Å². The lowest BCUT2D eigenvalue weighted by Crippen LogP contribution is -2.17. The minimum absolute atomic E-state index is 0.0923. The van der Waals surface area contributed by atoms with E-state index in [2.05, 4.69) is 15.4 Å². The zero-order valence-electron chi connectivity index (χ0n) is 15.8. The Morgan fingerprint density at radius 1 is 1.41 bits per heavy atom. The van der Waals surface area contributed by atoms with Crippen LogP contribution in [0.2, 0.25) is 0 Å². The Bertz CT molecular complexity index is 1130. The van der Waals surface area contributed by atoms with Crippen LogP contribution in [0.1, 0.15) is 69.1 Å². The van der Waals surface area contributed by atoms with Gasteiger partial charge in [0.05, 0.1) is 17.4 Å². The Morgan fingerprint density at radius 2 is 2.14 bits per heavy atom. The van der Waals surface area contributed by atoms with E-state index in [1.807, 2.05) is 6.92 Å². The van der Waals surface area contributed by atoms with Crippen LogP contribution in [0.25, 0.3) is 10.2 Å². The predicted octanol–water partition coefficient (Wildman–Crippen LogP) is 3.99. The molecule has 0 aliphatic heterocycles. The molecule has 1 aliphatic carbocycles. The minimum Gasteiger partial charge on any atom is -0.365 e. The van der Waals surface area contributed by atoms with Crippen LogP contribution < -0.4 is 11.1 Å². The van der Waals surface area contributed by atoms with Crippen LogP contribution in [0.15, 0.2) is 12.3 Å². The molecule has 0 atom stereocenters. The largest absolute Gasteiger partial charge is 0.365 e. The number of primary amides is 1. The third-order valence-electron chi connectivity index (χ3n) is 5.06. The summed E-state index contributed by atoms with van der Waals surface area (Å²) in [5, 5.41) is 7.45. The number of alkyl halides is 2. The van der Waals surface area contributed by atoms with Gasteiger partial charge in [0, 0.05) is 17.6 Å². The first-order chi connectivity index (χ1) is 13.8. The first kappa shape index (κ1) is 19.4. The van der Waals surface area contributed by atoms with Gasteiger partial charge in [0.25, 0.3) is 18.2 Å². The van der Waals surface area contributed by atoms with E-state index in [-0.39, 0.29) is 27.0 Å². The van der Waals surface area contributed by atoms with Gasteiger partial charge in [0.2, 0.25) is 0 Å². The van der Waals surface area contributed by atoms with Crippen molar-refractivity contribution in [2.75, 3.05) is 5.32 Å². The Balaban J connectivity index is 1.86. The second-order valence-electron chi connectivity index (χ2n) is 6.98. The van der Waals surface area contributed by atoms with E-state index in [1.54, 1.807) is 11.6 Å². The summed E-state index contributed by atoms with van der Waals surface area (Å²) in [5.41, 5.74) is 7.14. The van der Waals surface area contributed by atoms with Crippen LogP contribution in [-0.2, 0) is 6.54 Å². The first-order valence-electron chi connectivity index (χ1n) is 9.20. The number of rotatable bonds is 6. The van der Waals surface area contributed by atoms with Crippen molar-refractivity contribution in [3.8, 4) is 0 Å². The molecule has 10 heteroatoms. The van der Waals surface area contributed by atoms with Gasteiger partial charge in [-0.15, -0.1) is 11.3 Å². The number of carbonyl (C=O) groups is 2. The van der Waals surface area contributed by atoms with E-state index in [0.29, 0.717) is 28.8 Å². The highest BCUT2D eigenvalue weighted by atomic mass is 32.1. The van der Waals surface area contributed by atoms with E-state index in [9.17, 15) is 18.4 Å². The highest BCUT2D eigenvalue weighted by Crippen LogP contribution is 2.48. The number of fused-ring (bicyclic) bond motifs is 1. The Morgan fingerprint density at radius 3 is 2.69 bits per heavy atom. The average Bonchev–Trinajstić information content (AvgIpc) is 3.36. The summed E-state index contributed by atoms with van der Waals surface area (Å²) >= 11 is 0.919. The molecule has 2 amide bonds. The van der Waals surface area contributed by atoms with Gasteiger partial charge in [-0.25, -0.2) is 13.8 Å². The van der Waals surface area contributed by atoms with Crippen LogP contribution in [0.3, 0.4) is 0 Å². The molecular weight excluding hydrogens is 400 g/mol. The highest BCUT2D eigenvalue weighted by molar-refractivity contribution is 7.21. The average molecular weight is 419 g/mol. The number of thiophene rings is 1. The van der Waals surface area contributed by atoms with Crippen LogP contribution in [0, 0.1) is 6.92 Å². The third kappa shape index (κ3) is 3.37. The molecule has 0 unspecified atom stereocenters. The maximum Gasteiger partial charge on any atom is 0.280 e. The molecule has 3 aromatic heterocycles. The molecule has 4 rings (SSSR count). The number of hydrogen-bond donors (Lipinski definition) is 2. The topological polar surface area (TPSA) is 103 Å². The first-order valence-corrected chi connectivity index (χ1v) is 10.0. The number of pyridine rings is 1. The van der Waals surface area contributed by atoms with Crippen molar-refractivity contribution in [1.29, 1.82) is 0 Å². The molecule has 1 aliphatic rings. The molecule has 0 bridgehead atoms. The van der Waals surface area contributed by atoms with E-state index in [0.717, 1.165) is 24.2 Å². The number of anilines is 1. The maximum atomic E-state index is 13.3. The van der Waals surface area contributed by atoms with Gasteiger partial charge in [0.15, 0.2) is 0 Å². The van der Waals surface area contributed by atoms with Gasteiger partial charge in [-0.3, -0.25) is 14.3 Å². The van der Waals surface area contributed by atoms with Gasteiger partial charge >= 0.3 is 0 Å². The van der Waals surface area contributed by atoms with Crippen molar-refractivity contribution >= 4 is 39.1 Å². The summed E-state index contributed by atoms with van der Waals surface area (Å²) in [6.07, 6.45) is 0.455. The van der Waals surface area contributed by atoms with Gasteiger partial charge in [-0.2, -0.15) is 5.10 Å². The molecule has 0 spiro atoms. The summed E-state index contributed by atoms with van der Waals surface area (Å²) in [7, 11) is 0. The minimum atomic E-state index is -2.73. The number of nitrogens with two attached hydrogens (primary N) is 1. The van der Waals surface area contributed by atoms with E-state index in [4.69, 9.17) is 5.73 Å².